The second-order valence-corrected chi connectivity index (χ2v) is 9.19. The van der Waals surface area contributed by atoms with Crippen LogP contribution in [0.5, 0.6) is 0 Å². The Morgan fingerprint density at radius 1 is 1.22 bits per heavy atom. The van der Waals surface area contributed by atoms with Crippen LogP contribution in [0.15, 0.2) is 24.3 Å². The van der Waals surface area contributed by atoms with Gasteiger partial charge in [0.1, 0.15) is 11.9 Å². The Balaban J connectivity index is 1.78. The van der Waals surface area contributed by atoms with Gasteiger partial charge in [-0.25, -0.2) is 9.48 Å². The number of benzene rings is 1. The van der Waals surface area contributed by atoms with E-state index in [2.05, 4.69) is 10.4 Å². The minimum absolute atomic E-state index is 0.157. The number of carbonyl (C=O) groups is 3. The van der Waals surface area contributed by atoms with Crippen molar-refractivity contribution in [1.82, 2.24) is 15.1 Å². The first-order valence-corrected chi connectivity index (χ1v) is 12.3. The maximum absolute atomic E-state index is 13.7. The van der Waals surface area contributed by atoms with Crippen molar-refractivity contribution in [3.05, 3.63) is 46.6 Å². The van der Waals surface area contributed by atoms with Gasteiger partial charge in [-0.1, -0.05) is 19.4 Å². The highest BCUT2D eigenvalue weighted by molar-refractivity contribution is 6.06. The van der Waals surface area contributed by atoms with E-state index in [-0.39, 0.29) is 23.8 Å². The molecule has 2 aromatic rings. The third-order valence-corrected chi connectivity index (χ3v) is 6.88. The van der Waals surface area contributed by atoms with Crippen molar-refractivity contribution < 1.29 is 37.4 Å². The number of amides is 2. The van der Waals surface area contributed by atoms with Crippen LogP contribution in [0.3, 0.4) is 0 Å². The molecule has 2 N–H and O–H groups in total. The molecular formula is C25H29F3N4O5. The van der Waals surface area contributed by atoms with E-state index in [4.69, 9.17) is 4.74 Å². The Hall–Kier alpha value is -3.41. The van der Waals surface area contributed by atoms with Crippen LogP contribution in [0.1, 0.15) is 83.5 Å². The highest BCUT2D eigenvalue weighted by Gasteiger charge is 2.46. The molecule has 0 radical (unpaired) electrons. The molecule has 2 amide bonds. The SMILES string of the molecule is CCCC1c2c(C(=O)O)nn(C3CCOCC3)c2N(CC)C(=O)C1NC(=O)c1cccc(C(F)(F)F)c1. The lowest BCUT2D eigenvalue weighted by atomic mass is 9.82. The number of nitrogens with zero attached hydrogens (tertiary/aromatic N) is 3. The molecule has 37 heavy (non-hydrogen) atoms. The molecule has 2 atom stereocenters. The molecule has 3 heterocycles. The average Bonchev–Trinajstić information content (AvgIpc) is 3.27. The van der Waals surface area contributed by atoms with Gasteiger partial charge in [0.2, 0.25) is 0 Å². The van der Waals surface area contributed by atoms with Crippen LogP contribution < -0.4 is 10.2 Å². The molecule has 0 aliphatic carbocycles. The van der Waals surface area contributed by atoms with Crippen molar-refractivity contribution in [3.63, 3.8) is 0 Å². The van der Waals surface area contributed by atoms with Crippen LogP contribution >= 0.6 is 0 Å². The molecule has 12 heteroatoms. The molecule has 1 fully saturated rings. The van der Waals surface area contributed by atoms with Crippen LogP contribution in [-0.4, -0.2) is 58.5 Å². The largest absolute Gasteiger partial charge is 0.476 e. The van der Waals surface area contributed by atoms with Crippen molar-refractivity contribution in [1.29, 1.82) is 0 Å². The number of alkyl halides is 3. The number of nitrogens with one attached hydrogen (secondary N) is 1. The lowest BCUT2D eigenvalue weighted by Gasteiger charge is -2.39. The monoisotopic (exact) mass is 522 g/mol. The zero-order chi connectivity index (χ0) is 26.9. The Bertz CT molecular complexity index is 1190. The molecule has 2 aliphatic rings. The number of halogens is 3. The molecule has 0 saturated carbocycles. The molecule has 1 aromatic carbocycles. The summed E-state index contributed by atoms with van der Waals surface area (Å²) < 4.78 is 46.6. The number of aromatic nitrogens is 2. The number of fused-ring (bicyclic) bond motifs is 1. The third-order valence-electron chi connectivity index (χ3n) is 6.88. The van der Waals surface area contributed by atoms with Gasteiger partial charge in [0.15, 0.2) is 5.69 Å². The topological polar surface area (TPSA) is 114 Å². The zero-order valence-corrected chi connectivity index (χ0v) is 20.5. The van der Waals surface area contributed by atoms with E-state index in [1.165, 1.54) is 11.0 Å². The van der Waals surface area contributed by atoms with E-state index in [1.54, 1.807) is 11.6 Å². The molecule has 200 valence electrons. The van der Waals surface area contributed by atoms with Crippen molar-refractivity contribution in [2.45, 2.75) is 63.7 Å². The van der Waals surface area contributed by atoms with Gasteiger partial charge in [0.05, 0.1) is 11.6 Å². The van der Waals surface area contributed by atoms with E-state index in [0.29, 0.717) is 50.3 Å². The van der Waals surface area contributed by atoms with Gasteiger partial charge in [-0.05, 0) is 44.4 Å². The summed E-state index contributed by atoms with van der Waals surface area (Å²) in [6, 6.07) is 2.63. The van der Waals surface area contributed by atoms with Crippen LogP contribution in [-0.2, 0) is 15.7 Å². The average molecular weight is 523 g/mol. The molecular weight excluding hydrogens is 493 g/mol. The first-order valence-electron chi connectivity index (χ1n) is 12.3. The van der Waals surface area contributed by atoms with Gasteiger partial charge in [-0.3, -0.25) is 14.5 Å². The summed E-state index contributed by atoms with van der Waals surface area (Å²) in [5.74, 6) is -2.88. The van der Waals surface area contributed by atoms with Gasteiger partial charge < -0.3 is 15.2 Å². The Morgan fingerprint density at radius 2 is 1.92 bits per heavy atom. The van der Waals surface area contributed by atoms with E-state index >= 15 is 0 Å². The molecule has 1 saturated heterocycles. The molecule has 0 spiro atoms. The first-order chi connectivity index (χ1) is 17.6. The number of carboxylic acid groups (broad SMARTS) is 1. The van der Waals surface area contributed by atoms with E-state index in [9.17, 15) is 32.7 Å². The second-order valence-electron chi connectivity index (χ2n) is 9.19. The summed E-state index contributed by atoms with van der Waals surface area (Å²) in [5.41, 5.74) is -1.06. The molecule has 4 rings (SSSR count). The van der Waals surface area contributed by atoms with E-state index in [0.717, 1.165) is 18.2 Å². The van der Waals surface area contributed by atoms with E-state index < -0.39 is 41.5 Å². The summed E-state index contributed by atoms with van der Waals surface area (Å²) in [5, 5.41) is 17.1. The van der Waals surface area contributed by atoms with Gasteiger partial charge in [-0.2, -0.15) is 18.3 Å². The number of likely N-dealkylation sites (N-methyl/N-ethyl adjacent to an activating group) is 1. The minimum atomic E-state index is -4.63. The quantitative estimate of drug-likeness (QED) is 0.568. The predicted molar refractivity (Wildman–Crippen MR) is 127 cm³/mol. The fourth-order valence-electron chi connectivity index (χ4n) is 5.15. The highest BCUT2D eigenvalue weighted by atomic mass is 19.4. The van der Waals surface area contributed by atoms with Crippen molar-refractivity contribution in [3.8, 4) is 0 Å². The van der Waals surface area contributed by atoms with Crippen molar-refractivity contribution in [2.75, 3.05) is 24.7 Å². The number of hydrogen-bond acceptors (Lipinski definition) is 5. The lowest BCUT2D eigenvalue weighted by molar-refractivity contribution is -0.137. The molecule has 1 aromatic heterocycles. The molecule has 2 unspecified atom stereocenters. The summed E-state index contributed by atoms with van der Waals surface area (Å²) >= 11 is 0. The zero-order valence-electron chi connectivity index (χ0n) is 20.5. The smallest absolute Gasteiger partial charge is 0.416 e. The minimum Gasteiger partial charge on any atom is -0.476 e. The number of ether oxygens (including phenoxy) is 1. The number of rotatable bonds is 7. The summed E-state index contributed by atoms with van der Waals surface area (Å²) in [6.45, 7) is 4.75. The normalized spacial score (nSPS) is 20.6. The number of anilines is 1. The van der Waals surface area contributed by atoms with Gasteiger partial charge in [-0.15, -0.1) is 0 Å². The number of aromatic carboxylic acids is 1. The second kappa shape index (κ2) is 10.5. The lowest BCUT2D eigenvalue weighted by Crippen LogP contribution is -2.55. The van der Waals surface area contributed by atoms with Gasteiger partial charge in [0, 0.05) is 36.8 Å². The number of hydrogen-bond donors (Lipinski definition) is 2. The summed E-state index contributed by atoms with van der Waals surface area (Å²) in [6.07, 6.45) is -2.49. The fraction of sp³-hybridized carbons (Fsp3) is 0.520. The van der Waals surface area contributed by atoms with Crippen LogP contribution in [0.4, 0.5) is 19.0 Å². The maximum atomic E-state index is 13.7. The maximum Gasteiger partial charge on any atom is 0.416 e. The highest BCUT2D eigenvalue weighted by Crippen LogP contribution is 2.43. The summed E-state index contributed by atoms with van der Waals surface area (Å²) in [4.78, 5) is 40.5. The standard InChI is InChI=1S/C25H29F3N4O5/c1-3-6-17-18-20(24(35)36)30-32(16-9-11-37-12-10-16)22(18)31(4-2)23(34)19(17)29-21(33)14-7-5-8-15(13-14)25(26,27)28/h5,7-8,13,16-17,19H,3-4,6,9-12H2,1-2H3,(H,29,33)(H,35,36). The third kappa shape index (κ3) is 5.07. The number of carboxylic acids is 1. The molecule has 9 nitrogen and oxygen atoms in total. The fourth-order valence-corrected chi connectivity index (χ4v) is 5.15. The summed E-state index contributed by atoms with van der Waals surface area (Å²) in [7, 11) is 0. The molecule has 2 aliphatic heterocycles. The Kier molecular flexibility index (Phi) is 7.58. The first kappa shape index (κ1) is 26.6. The molecule has 0 bridgehead atoms. The van der Waals surface area contributed by atoms with Gasteiger partial charge in [0.25, 0.3) is 11.8 Å². The van der Waals surface area contributed by atoms with Crippen LogP contribution in [0.2, 0.25) is 0 Å². The van der Waals surface area contributed by atoms with Crippen LogP contribution in [0.25, 0.3) is 0 Å². The van der Waals surface area contributed by atoms with Crippen molar-refractivity contribution >= 4 is 23.6 Å². The van der Waals surface area contributed by atoms with Crippen molar-refractivity contribution in [2.24, 2.45) is 0 Å². The van der Waals surface area contributed by atoms with Crippen LogP contribution in [0, 0.1) is 0 Å². The Morgan fingerprint density at radius 3 is 2.51 bits per heavy atom. The van der Waals surface area contributed by atoms with Gasteiger partial charge >= 0.3 is 12.1 Å². The Labute approximate surface area is 211 Å². The van der Waals surface area contributed by atoms with E-state index in [1.807, 2.05) is 6.92 Å². The number of carbonyl (C=O) groups excluding carboxylic acids is 2. The predicted octanol–water partition coefficient (Wildman–Crippen LogP) is 4.00.